The van der Waals surface area contributed by atoms with Crippen LogP contribution in [0.5, 0.6) is 0 Å². The first kappa shape index (κ1) is 17.5. The van der Waals surface area contributed by atoms with E-state index >= 15 is 0 Å². The van der Waals surface area contributed by atoms with E-state index in [4.69, 9.17) is 4.52 Å². The summed E-state index contributed by atoms with van der Waals surface area (Å²) in [5, 5.41) is 7.16. The van der Waals surface area contributed by atoms with Crippen LogP contribution in [0.3, 0.4) is 0 Å². The van der Waals surface area contributed by atoms with Crippen LogP contribution in [0.15, 0.2) is 47.0 Å². The summed E-state index contributed by atoms with van der Waals surface area (Å²) in [5.74, 6) is -0.129. The highest BCUT2D eigenvalue weighted by molar-refractivity contribution is 6.02. The van der Waals surface area contributed by atoms with Gasteiger partial charge < -0.3 is 9.84 Å². The molecule has 1 aromatic heterocycles. The van der Waals surface area contributed by atoms with Crippen molar-refractivity contribution >= 4 is 11.6 Å². The van der Waals surface area contributed by atoms with Crippen molar-refractivity contribution in [2.45, 2.75) is 39.0 Å². The molecular weight excluding hydrogens is 343 g/mol. The first-order valence-corrected chi connectivity index (χ1v) is 9.02. The number of amides is 1. The van der Waals surface area contributed by atoms with Crippen molar-refractivity contribution in [2.24, 2.45) is 0 Å². The number of carbonyl (C=O) groups excluding carboxylic acids is 1. The second-order valence-electron chi connectivity index (χ2n) is 7.37. The fraction of sp³-hybridized carbons (Fsp3) is 0.273. The van der Waals surface area contributed by atoms with Gasteiger partial charge in [0, 0.05) is 11.8 Å². The third-order valence-corrected chi connectivity index (χ3v) is 5.24. The maximum Gasteiger partial charge on any atom is 0.236 e. The summed E-state index contributed by atoms with van der Waals surface area (Å²) in [4.78, 5) is 13.0. The molecule has 1 aliphatic carbocycles. The van der Waals surface area contributed by atoms with Crippen molar-refractivity contribution in [3.05, 3.63) is 70.7 Å². The Morgan fingerprint density at radius 2 is 1.78 bits per heavy atom. The molecule has 1 aliphatic rings. The zero-order valence-corrected chi connectivity index (χ0v) is 15.6. The highest BCUT2D eigenvalue weighted by atomic mass is 19.1. The Hall–Kier alpha value is -2.95. The van der Waals surface area contributed by atoms with Crippen LogP contribution in [-0.4, -0.2) is 11.1 Å². The third-order valence-electron chi connectivity index (χ3n) is 5.24. The Morgan fingerprint density at radius 1 is 1.11 bits per heavy atom. The Labute approximate surface area is 157 Å². The van der Waals surface area contributed by atoms with Crippen LogP contribution in [0, 0.1) is 26.6 Å². The van der Waals surface area contributed by atoms with Crippen LogP contribution >= 0.6 is 0 Å². The minimum Gasteiger partial charge on any atom is -0.356 e. The monoisotopic (exact) mass is 364 g/mol. The predicted octanol–water partition coefficient (Wildman–Crippen LogP) is 5.08. The van der Waals surface area contributed by atoms with E-state index in [1.54, 1.807) is 24.3 Å². The zero-order valence-electron chi connectivity index (χ0n) is 15.6. The van der Waals surface area contributed by atoms with E-state index in [2.05, 4.69) is 22.6 Å². The minimum atomic E-state index is -0.698. The molecule has 1 N–H and O–H groups in total. The number of hydrogen-bond acceptors (Lipinski definition) is 3. The first-order chi connectivity index (χ1) is 12.9. The number of carbonyl (C=O) groups is 1. The molecule has 27 heavy (non-hydrogen) atoms. The van der Waals surface area contributed by atoms with Gasteiger partial charge in [-0.1, -0.05) is 35.0 Å². The summed E-state index contributed by atoms with van der Waals surface area (Å²) in [7, 11) is 0. The summed E-state index contributed by atoms with van der Waals surface area (Å²) in [6.45, 7) is 6.01. The summed E-state index contributed by atoms with van der Waals surface area (Å²) in [5.41, 5.74) is 4.27. The first-order valence-electron chi connectivity index (χ1n) is 9.02. The van der Waals surface area contributed by atoms with E-state index in [1.165, 1.54) is 6.07 Å². The van der Waals surface area contributed by atoms with Crippen molar-refractivity contribution in [2.75, 3.05) is 5.32 Å². The van der Waals surface area contributed by atoms with Gasteiger partial charge in [0.05, 0.1) is 16.7 Å². The molecule has 1 amide bonds. The van der Waals surface area contributed by atoms with E-state index in [9.17, 15) is 9.18 Å². The maximum atomic E-state index is 14.0. The van der Waals surface area contributed by atoms with Gasteiger partial charge in [0.2, 0.25) is 5.91 Å². The Kier molecular flexibility index (Phi) is 4.10. The molecule has 0 unspecified atom stereocenters. The lowest BCUT2D eigenvalue weighted by molar-refractivity contribution is -0.118. The molecule has 5 heteroatoms. The number of anilines is 1. The van der Waals surface area contributed by atoms with Gasteiger partial charge >= 0.3 is 0 Å². The fourth-order valence-electron chi connectivity index (χ4n) is 3.62. The number of benzene rings is 2. The lowest BCUT2D eigenvalue weighted by Gasteiger charge is -2.16. The van der Waals surface area contributed by atoms with Crippen molar-refractivity contribution in [1.82, 2.24) is 5.16 Å². The molecule has 4 rings (SSSR count). The van der Waals surface area contributed by atoms with Crippen molar-refractivity contribution in [3.63, 3.8) is 0 Å². The van der Waals surface area contributed by atoms with Gasteiger partial charge in [-0.3, -0.25) is 4.79 Å². The van der Waals surface area contributed by atoms with Crippen LogP contribution in [-0.2, 0) is 10.2 Å². The van der Waals surface area contributed by atoms with Crippen molar-refractivity contribution in [3.8, 4) is 11.3 Å². The van der Waals surface area contributed by atoms with Crippen LogP contribution in [0.2, 0.25) is 0 Å². The van der Waals surface area contributed by atoms with Gasteiger partial charge in [-0.2, -0.15) is 0 Å². The van der Waals surface area contributed by atoms with E-state index in [1.807, 2.05) is 20.8 Å². The number of nitrogens with zero attached hydrogens (tertiary/aromatic N) is 1. The average Bonchev–Trinajstić information content (AvgIpc) is 3.29. The number of aryl methyl sites for hydroxylation is 3. The summed E-state index contributed by atoms with van der Waals surface area (Å²) in [6, 6.07) is 12.2. The lowest BCUT2D eigenvalue weighted by Crippen LogP contribution is -2.28. The number of hydrogen-bond donors (Lipinski definition) is 1. The molecule has 4 nitrogen and oxygen atoms in total. The fourth-order valence-corrected chi connectivity index (χ4v) is 3.62. The summed E-state index contributed by atoms with van der Waals surface area (Å²) < 4.78 is 19.3. The van der Waals surface area contributed by atoms with Crippen LogP contribution in [0.25, 0.3) is 11.3 Å². The second kappa shape index (κ2) is 6.34. The topological polar surface area (TPSA) is 55.1 Å². The molecule has 0 saturated heterocycles. The molecule has 0 atom stereocenters. The molecule has 0 aliphatic heterocycles. The minimum absolute atomic E-state index is 0.0917. The molecule has 1 saturated carbocycles. The van der Waals surface area contributed by atoms with Gasteiger partial charge in [0.1, 0.15) is 5.82 Å². The quantitative estimate of drug-likeness (QED) is 0.703. The summed E-state index contributed by atoms with van der Waals surface area (Å²) in [6.07, 6.45) is 1.40. The Morgan fingerprint density at radius 3 is 2.41 bits per heavy atom. The van der Waals surface area contributed by atoms with Gasteiger partial charge in [-0.25, -0.2) is 4.39 Å². The molecule has 0 bridgehead atoms. The Balaban J connectivity index is 1.62. The molecular formula is C22H21FN2O2. The van der Waals surface area contributed by atoms with Gasteiger partial charge in [-0.15, -0.1) is 0 Å². The van der Waals surface area contributed by atoms with Gasteiger partial charge in [-0.05, 0) is 56.9 Å². The van der Waals surface area contributed by atoms with Crippen molar-refractivity contribution < 1.29 is 13.7 Å². The van der Waals surface area contributed by atoms with Crippen LogP contribution < -0.4 is 5.32 Å². The highest BCUT2D eigenvalue weighted by Gasteiger charge is 2.54. The van der Waals surface area contributed by atoms with Gasteiger partial charge in [0.25, 0.3) is 0 Å². The van der Waals surface area contributed by atoms with E-state index in [-0.39, 0.29) is 11.7 Å². The smallest absolute Gasteiger partial charge is 0.236 e. The lowest BCUT2D eigenvalue weighted by atomic mass is 9.98. The van der Waals surface area contributed by atoms with Crippen LogP contribution in [0.4, 0.5) is 10.1 Å². The molecule has 3 aromatic rings. The predicted molar refractivity (Wildman–Crippen MR) is 102 cm³/mol. The number of halogens is 1. The second-order valence-corrected chi connectivity index (χ2v) is 7.37. The highest BCUT2D eigenvalue weighted by Crippen LogP contribution is 2.49. The summed E-state index contributed by atoms with van der Waals surface area (Å²) >= 11 is 0. The van der Waals surface area contributed by atoms with E-state index < -0.39 is 5.41 Å². The molecule has 1 heterocycles. The molecule has 0 radical (unpaired) electrons. The van der Waals surface area contributed by atoms with E-state index in [0.717, 1.165) is 22.4 Å². The normalized spacial score (nSPS) is 14.8. The molecule has 1 fully saturated rings. The maximum absolute atomic E-state index is 14.0. The van der Waals surface area contributed by atoms with Gasteiger partial charge in [0.15, 0.2) is 5.76 Å². The van der Waals surface area contributed by atoms with Crippen molar-refractivity contribution in [1.29, 1.82) is 0 Å². The van der Waals surface area contributed by atoms with Crippen LogP contribution in [0.1, 0.15) is 35.2 Å². The number of rotatable bonds is 4. The standard InChI is InChI=1S/C22H21FN2O2/c1-13-10-14(2)20(15(3)11-13)24-21(26)22(8-9-22)19-12-18(27-25-19)16-6-4-5-7-17(16)23/h4-7,10-12H,8-9H2,1-3H3,(H,24,26). The zero-order chi connectivity index (χ0) is 19.2. The third kappa shape index (κ3) is 3.03. The number of nitrogens with one attached hydrogen (secondary N) is 1. The Bertz CT molecular complexity index is 1010. The largest absolute Gasteiger partial charge is 0.356 e. The average molecular weight is 364 g/mol. The SMILES string of the molecule is Cc1cc(C)c(NC(=O)C2(c3cc(-c4ccccc4F)on3)CC2)c(C)c1. The molecule has 0 spiro atoms. The number of aromatic nitrogens is 1. The molecule has 138 valence electrons. The van der Waals surface area contributed by atoms with E-state index in [0.29, 0.717) is 29.9 Å². The molecule has 2 aromatic carbocycles.